The van der Waals surface area contributed by atoms with E-state index in [1.165, 1.54) is 27.8 Å². The lowest BCUT2D eigenvalue weighted by molar-refractivity contribution is -0.113. The summed E-state index contributed by atoms with van der Waals surface area (Å²) in [6.07, 6.45) is 3.81. The number of nitrogens with zero attached hydrogens (tertiary/aromatic N) is 2. The van der Waals surface area contributed by atoms with Crippen molar-refractivity contribution in [1.82, 2.24) is 9.55 Å². The number of aromatic nitrogens is 2. The lowest BCUT2D eigenvalue weighted by atomic mass is 10.1. The summed E-state index contributed by atoms with van der Waals surface area (Å²) in [6, 6.07) is 5.87. The topological polar surface area (TPSA) is 73.2 Å². The Morgan fingerprint density at radius 3 is 2.90 bits per heavy atom. The summed E-state index contributed by atoms with van der Waals surface area (Å²) in [4.78, 5) is 32.8. The van der Waals surface area contributed by atoms with Crippen molar-refractivity contribution in [2.24, 2.45) is 0 Å². The van der Waals surface area contributed by atoms with E-state index in [1.807, 2.05) is 32.0 Å². The molecule has 1 N–H and O–H groups in total. The summed E-state index contributed by atoms with van der Waals surface area (Å²) >= 11 is 2.94. The standard InChI is InChI=1S/C23H27N3O3S2/c1-14-8-9-16(12-15(14)2)24-19(27)13-30-23-25-21-20(17-6-4-7-18(17)31-21)22(28)26(23)10-5-11-29-3/h8-9,12H,4-7,10-11,13H2,1-3H3,(H,24,27). The highest BCUT2D eigenvalue weighted by Gasteiger charge is 2.23. The van der Waals surface area contributed by atoms with Gasteiger partial charge in [-0.3, -0.25) is 14.2 Å². The van der Waals surface area contributed by atoms with Crippen molar-refractivity contribution in [2.45, 2.75) is 51.2 Å². The van der Waals surface area contributed by atoms with Crippen LogP contribution in [0.4, 0.5) is 5.69 Å². The molecule has 2 aromatic heterocycles. The maximum Gasteiger partial charge on any atom is 0.263 e. The number of anilines is 1. The lowest BCUT2D eigenvalue weighted by Gasteiger charge is -2.12. The Labute approximate surface area is 190 Å². The number of rotatable bonds is 8. The van der Waals surface area contributed by atoms with Crippen LogP contribution in [0.5, 0.6) is 0 Å². The van der Waals surface area contributed by atoms with Crippen LogP contribution in [0.2, 0.25) is 0 Å². The summed E-state index contributed by atoms with van der Waals surface area (Å²) in [5.41, 5.74) is 4.30. The molecule has 0 saturated carbocycles. The van der Waals surface area contributed by atoms with Crippen molar-refractivity contribution in [3.63, 3.8) is 0 Å². The van der Waals surface area contributed by atoms with E-state index in [0.717, 1.165) is 47.2 Å². The summed E-state index contributed by atoms with van der Waals surface area (Å²) in [5.74, 6) is 0.0833. The number of amides is 1. The number of hydrogen-bond acceptors (Lipinski definition) is 6. The second-order valence-corrected chi connectivity index (χ2v) is 9.90. The van der Waals surface area contributed by atoms with Gasteiger partial charge in [0.1, 0.15) is 4.83 Å². The van der Waals surface area contributed by atoms with Crippen molar-refractivity contribution in [3.05, 3.63) is 50.1 Å². The molecule has 0 spiro atoms. The Kier molecular flexibility index (Phi) is 6.79. The molecule has 1 amide bonds. The van der Waals surface area contributed by atoms with Crippen molar-refractivity contribution in [2.75, 3.05) is 24.8 Å². The molecule has 0 bridgehead atoms. The molecule has 8 heteroatoms. The molecule has 3 aromatic rings. The highest BCUT2D eigenvalue weighted by molar-refractivity contribution is 7.99. The Hall–Kier alpha value is -2.16. The Bertz CT molecular complexity index is 1180. The van der Waals surface area contributed by atoms with Gasteiger partial charge in [0, 0.05) is 30.8 Å². The number of carbonyl (C=O) groups is 1. The summed E-state index contributed by atoms with van der Waals surface area (Å²) in [7, 11) is 1.66. The maximum atomic E-state index is 13.3. The first-order chi connectivity index (χ1) is 15.0. The number of nitrogens with one attached hydrogen (secondary N) is 1. The van der Waals surface area contributed by atoms with Gasteiger partial charge >= 0.3 is 0 Å². The molecule has 0 unspecified atom stereocenters. The summed E-state index contributed by atoms with van der Waals surface area (Å²) in [5, 5.41) is 4.32. The largest absolute Gasteiger partial charge is 0.385 e. The number of ether oxygens (including phenoxy) is 1. The molecular weight excluding hydrogens is 430 g/mol. The van der Waals surface area contributed by atoms with Gasteiger partial charge in [0.05, 0.1) is 11.1 Å². The number of methoxy groups -OCH3 is 1. The van der Waals surface area contributed by atoms with E-state index >= 15 is 0 Å². The van der Waals surface area contributed by atoms with E-state index in [0.29, 0.717) is 18.3 Å². The van der Waals surface area contributed by atoms with E-state index in [-0.39, 0.29) is 17.2 Å². The number of aryl methyl sites for hydroxylation is 4. The van der Waals surface area contributed by atoms with Crippen LogP contribution in [0.1, 0.15) is 34.4 Å². The Morgan fingerprint density at radius 2 is 2.13 bits per heavy atom. The molecule has 0 saturated heterocycles. The van der Waals surface area contributed by atoms with Crippen molar-refractivity contribution in [3.8, 4) is 0 Å². The van der Waals surface area contributed by atoms with E-state index in [9.17, 15) is 9.59 Å². The fourth-order valence-corrected chi connectivity index (χ4v) is 6.01. The number of thioether (sulfide) groups is 1. The predicted octanol–water partition coefficient (Wildman–Crippen LogP) is 4.33. The Balaban J connectivity index is 1.56. The first-order valence-corrected chi connectivity index (χ1v) is 12.3. The summed E-state index contributed by atoms with van der Waals surface area (Å²) in [6.45, 7) is 5.17. The van der Waals surface area contributed by atoms with Crippen LogP contribution < -0.4 is 10.9 Å². The molecule has 0 fully saturated rings. The average molecular weight is 458 g/mol. The molecule has 1 aliphatic rings. The zero-order valence-corrected chi connectivity index (χ0v) is 19.8. The predicted molar refractivity (Wildman–Crippen MR) is 128 cm³/mol. The molecule has 4 rings (SSSR count). The molecule has 1 aromatic carbocycles. The molecule has 2 heterocycles. The number of benzene rings is 1. The normalized spacial score (nSPS) is 13.0. The number of fused-ring (bicyclic) bond motifs is 3. The molecule has 31 heavy (non-hydrogen) atoms. The van der Waals surface area contributed by atoms with Gasteiger partial charge in [0.15, 0.2) is 5.16 Å². The molecular formula is C23H27N3O3S2. The van der Waals surface area contributed by atoms with Gasteiger partial charge in [-0.25, -0.2) is 4.98 Å². The minimum atomic E-state index is -0.111. The molecule has 0 radical (unpaired) electrons. The number of hydrogen-bond donors (Lipinski definition) is 1. The van der Waals surface area contributed by atoms with Crippen LogP contribution in [0.3, 0.4) is 0 Å². The molecule has 1 aliphatic carbocycles. The Morgan fingerprint density at radius 1 is 1.29 bits per heavy atom. The second-order valence-electron chi connectivity index (χ2n) is 7.87. The van der Waals surface area contributed by atoms with Crippen LogP contribution in [-0.4, -0.2) is 34.9 Å². The van der Waals surface area contributed by atoms with E-state index < -0.39 is 0 Å². The third kappa shape index (κ3) is 4.71. The lowest BCUT2D eigenvalue weighted by Crippen LogP contribution is -2.25. The van der Waals surface area contributed by atoms with Crippen LogP contribution in [0.25, 0.3) is 10.2 Å². The van der Waals surface area contributed by atoms with Gasteiger partial charge in [-0.05, 0) is 68.4 Å². The van der Waals surface area contributed by atoms with Gasteiger partial charge in [0.2, 0.25) is 5.91 Å². The van der Waals surface area contributed by atoms with E-state index in [4.69, 9.17) is 9.72 Å². The van der Waals surface area contributed by atoms with Crippen molar-refractivity contribution < 1.29 is 9.53 Å². The van der Waals surface area contributed by atoms with Crippen LogP contribution in [-0.2, 0) is 28.9 Å². The van der Waals surface area contributed by atoms with Crippen LogP contribution in [0, 0.1) is 13.8 Å². The van der Waals surface area contributed by atoms with Crippen LogP contribution in [0.15, 0.2) is 28.2 Å². The van der Waals surface area contributed by atoms with E-state index in [2.05, 4.69) is 5.32 Å². The molecule has 6 nitrogen and oxygen atoms in total. The third-order valence-corrected chi connectivity index (χ3v) is 7.81. The fourth-order valence-electron chi connectivity index (χ4n) is 3.88. The smallest absolute Gasteiger partial charge is 0.263 e. The molecule has 0 aliphatic heterocycles. The molecule has 164 valence electrons. The average Bonchev–Trinajstić information content (AvgIpc) is 3.32. The van der Waals surface area contributed by atoms with Gasteiger partial charge in [-0.1, -0.05) is 17.8 Å². The van der Waals surface area contributed by atoms with Gasteiger partial charge < -0.3 is 10.1 Å². The minimum absolute atomic E-state index is 0.0116. The van der Waals surface area contributed by atoms with Gasteiger partial charge in [0.25, 0.3) is 5.56 Å². The first kappa shape index (κ1) is 22.0. The molecule has 0 atom stereocenters. The maximum absolute atomic E-state index is 13.3. The fraction of sp³-hybridized carbons (Fsp3) is 0.435. The zero-order valence-electron chi connectivity index (χ0n) is 18.1. The number of thiophene rings is 1. The quantitative estimate of drug-likeness (QED) is 0.310. The highest BCUT2D eigenvalue weighted by atomic mass is 32.2. The zero-order chi connectivity index (χ0) is 22.0. The van der Waals surface area contributed by atoms with Crippen molar-refractivity contribution in [1.29, 1.82) is 0 Å². The highest BCUT2D eigenvalue weighted by Crippen LogP contribution is 2.35. The first-order valence-electron chi connectivity index (χ1n) is 10.5. The third-order valence-electron chi connectivity index (χ3n) is 5.64. The van der Waals surface area contributed by atoms with Gasteiger partial charge in [-0.15, -0.1) is 11.3 Å². The van der Waals surface area contributed by atoms with Gasteiger partial charge in [-0.2, -0.15) is 0 Å². The minimum Gasteiger partial charge on any atom is -0.385 e. The van der Waals surface area contributed by atoms with Crippen molar-refractivity contribution >= 4 is 44.9 Å². The SMILES string of the molecule is COCCCn1c(SCC(=O)Nc2ccc(C)c(C)c2)nc2sc3c(c2c1=O)CCC3. The second kappa shape index (κ2) is 9.54. The summed E-state index contributed by atoms with van der Waals surface area (Å²) < 4.78 is 6.89. The monoisotopic (exact) mass is 457 g/mol. The van der Waals surface area contributed by atoms with E-state index in [1.54, 1.807) is 23.0 Å². The van der Waals surface area contributed by atoms with Crippen LogP contribution >= 0.6 is 23.1 Å². The number of carbonyl (C=O) groups excluding carboxylic acids is 1.